The van der Waals surface area contributed by atoms with Crippen LogP contribution in [0.2, 0.25) is 0 Å². The quantitative estimate of drug-likeness (QED) is 0.648. The van der Waals surface area contributed by atoms with Crippen molar-refractivity contribution in [1.82, 2.24) is 10.1 Å². The van der Waals surface area contributed by atoms with E-state index in [1.54, 1.807) is 24.3 Å². The standard InChI is InChI=1S/C17H11F3N2O3/c18-17(19,20)13-6-4-12(5-7-13)16-21-15(22-25-16)10-24-14-3-1-2-11(8-14)9-23/h1-9H,10H2. The van der Waals surface area contributed by atoms with Crippen LogP contribution in [0.1, 0.15) is 21.7 Å². The van der Waals surface area contributed by atoms with E-state index in [9.17, 15) is 18.0 Å². The number of alkyl halides is 3. The van der Waals surface area contributed by atoms with Crippen molar-refractivity contribution in [3.05, 3.63) is 65.5 Å². The number of nitrogens with zero attached hydrogens (tertiary/aromatic N) is 2. The van der Waals surface area contributed by atoms with Gasteiger partial charge in [-0.05, 0) is 36.4 Å². The topological polar surface area (TPSA) is 65.2 Å². The normalized spacial score (nSPS) is 11.3. The smallest absolute Gasteiger partial charge is 0.416 e. The third-order valence-electron chi connectivity index (χ3n) is 3.29. The highest BCUT2D eigenvalue weighted by molar-refractivity contribution is 5.75. The van der Waals surface area contributed by atoms with E-state index in [2.05, 4.69) is 10.1 Å². The lowest BCUT2D eigenvalue weighted by atomic mass is 10.1. The summed E-state index contributed by atoms with van der Waals surface area (Å²) in [6.45, 7) is -0.00749. The van der Waals surface area contributed by atoms with Crippen LogP contribution in [0.4, 0.5) is 13.2 Å². The average molecular weight is 348 g/mol. The van der Waals surface area contributed by atoms with Crippen LogP contribution in [0.15, 0.2) is 53.1 Å². The fraction of sp³-hybridized carbons (Fsp3) is 0.118. The predicted octanol–water partition coefficient (Wildman–Crippen LogP) is 4.15. The molecule has 2 aromatic carbocycles. The Balaban J connectivity index is 1.68. The van der Waals surface area contributed by atoms with Gasteiger partial charge in [0.15, 0.2) is 6.61 Å². The molecule has 128 valence electrons. The lowest BCUT2D eigenvalue weighted by Gasteiger charge is -2.05. The Labute approximate surface area is 140 Å². The molecule has 0 bridgehead atoms. The van der Waals surface area contributed by atoms with Gasteiger partial charge in [-0.25, -0.2) is 0 Å². The van der Waals surface area contributed by atoms with Gasteiger partial charge in [0.1, 0.15) is 12.0 Å². The van der Waals surface area contributed by atoms with Crippen molar-refractivity contribution in [1.29, 1.82) is 0 Å². The van der Waals surface area contributed by atoms with Crippen LogP contribution in [0.5, 0.6) is 5.75 Å². The molecule has 0 saturated heterocycles. The Morgan fingerprint density at radius 2 is 1.88 bits per heavy atom. The molecule has 8 heteroatoms. The molecule has 0 saturated carbocycles. The Kier molecular flexibility index (Phi) is 4.51. The zero-order valence-corrected chi connectivity index (χ0v) is 12.7. The third kappa shape index (κ3) is 4.03. The summed E-state index contributed by atoms with van der Waals surface area (Å²) >= 11 is 0. The zero-order valence-electron chi connectivity index (χ0n) is 12.7. The van der Waals surface area contributed by atoms with E-state index >= 15 is 0 Å². The summed E-state index contributed by atoms with van der Waals surface area (Å²) in [6, 6.07) is 10.9. The monoisotopic (exact) mass is 348 g/mol. The average Bonchev–Trinajstić information content (AvgIpc) is 3.08. The molecule has 3 aromatic rings. The largest absolute Gasteiger partial charge is 0.485 e. The van der Waals surface area contributed by atoms with Crippen molar-refractivity contribution in [3.63, 3.8) is 0 Å². The molecule has 0 aliphatic heterocycles. The van der Waals surface area contributed by atoms with Crippen LogP contribution >= 0.6 is 0 Å². The van der Waals surface area contributed by atoms with Gasteiger partial charge in [0.25, 0.3) is 5.89 Å². The molecule has 0 aliphatic carbocycles. The molecule has 0 amide bonds. The second-order valence-electron chi connectivity index (χ2n) is 5.07. The first-order chi connectivity index (χ1) is 12.0. The Morgan fingerprint density at radius 1 is 1.12 bits per heavy atom. The predicted molar refractivity (Wildman–Crippen MR) is 80.9 cm³/mol. The van der Waals surface area contributed by atoms with E-state index in [4.69, 9.17) is 9.26 Å². The summed E-state index contributed by atoms with van der Waals surface area (Å²) < 4.78 is 48.1. The van der Waals surface area contributed by atoms with E-state index in [1.165, 1.54) is 12.1 Å². The Bertz CT molecular complexity index is 873. The summed E-state index contributed by atoms with van der Waals surface area (Å²) in [7, 11) is 0. The first-order valence-corrected chi connectivity index (χ1v) is 7.14. The highest BCUT2D eigenvalue weighted by atomic mass is 19.4. The molecule has 25 heavy (non-hydrogen) atoms. The number of carbonyl (C=O) groups is 1. The van der Waals surface area contributed by atoms with Crippen molar-refractivity contribution in [2.24, 2.45) is 0 Å². The first-order valence-electron chi connectivity index (χ1n) is 7.14. The molecule has 0 atom stereocenters. The number of rotatable bonds is 5. The molecule has 0 fully saturated rings. The molecule has 1 aromatic heterocycles. The third-order valence-corrected chi connectivity index (χ3v) is 3.29. The lowest BCUT2D eigenvalue weighted by Crippen LogP contribution is -2.04. The Hall–Kier alpha value is -3.16. The van der Waals surface area contributed by atoms with Gasteiger partial charge in [0, 0.05) is 11.1 Å². The molecular weight excluding hydrogens is 337 g/mol. The first kappa shape index (κ1) is 16.7. The summed E-state index contributed by atoms with van der Waals surface area (Å²) in [5.41, 5.74) is 0.0835. The van der Waals surface area contributed by atoms with E-state index in [1.807, 2.05) is 0 Å². The van der Waals surface area contributed by atoms with Gasteiger partial charge in [-0.15, -0.1) is 0 Å². The van der Waals surface area contributed by atoms with Crippen molar-refractivity contribution >= 4 is 6.29 Å². The van der Waals surface area contributed by atoms with E-state index in [-0.39, 0.29) is 18.3 Å². The number of ether oxygens (including phenoxy) is 1. The van der Waals surface area contributed by atoms with Crippen LogP contribution in [0.3, 0.4) is 0 Å². The maximum atomic E-state index is 12.6. The van der Waals surface area contributed by atoms with Gasteiger partial charge in [-0.1, -0.05) is 17.3 Å². The minimum absolute atomic E-state index is 0.00749. The van der Waals surface area contributed by atoms with Crippen LogP contribution in [0.25, 0.3) is 11.5 Å². The van der Waals surface area contributed by atoms with Crippen molar-refractivity contribution < 1.29 is 27.2 Å². The van der Waals surface area contributed by atoms with Gasteiger partial charge >= 0.3 is 6.18 Å². The van der Waals surface area contributed by atoms with E-state index < -0.39 is 11.7 Å². The van der Waals surface area contributed by atoms with Crippen molar-refractivity contribution in [3.8, 4) is 17.2 Å². The van der Waals surface area contributed by atoms with Crippen molar-refractivity contribution in [2.45, 2.75) is 12.8 Å². The van der Waals surface area contributed by atoms with Crippen LogP contribution < -0.4 is 4.74 Å². The number of halogens is 3. The van der Waals surface area contributed by atoms with Crippen LogP contribution in [-0.4, -0.2) is 16.4 Å². The van der Waals surface area contributed by atoms with Gasteiger partial charge in [-0.3, -0.25) is 4.79 Å². The van der Waals surface area contributed by atoms with E-state index in [0.717, 1.165) is 12.1 Å². The SMILES string of the molecule is O=Cc1cccc(OCc2noc(-c3ccc(C(F)(F)F)cc3)n2)c1. The zero-order chi connectivity index (χ0) is 17.9. The molecule has 5 nitrogen and oxygen atoms in total. The minimum Gasteiger partial charge on any atom is -0.485 e. The molecular formula is C17H11F3N2O3. The molecule has 0 aliphatic rings. The Morgan fingerprint density at radius 3 is 2.56 bits per heavy atom. The lowest BCUT2D eigenvalue weighted by molar-refractivity contribution is -0.137. The fourth-order valence-electron chi connectivity index (χ4n) is 2.06. The number of hydrogen-bond donors (Lipinski definition) is 0. The maximum Gasteiger partial charge on any atom is 0.416 e. The summed E-state index contributed by atoms with van der Waals surface area (Å²) in [6.07, 6.45) is -3.70. The molecule has 3 rings (SSSR count). The number of benzene rings is 2. The summed E-state index contributed by atoms with van der Waals surface area (Å²) in [5.74, 6) is 0.783. The molecule has 0 unspecified atom stereocenters. The molecule has 0 spiro atoms. The number of hydrogen-bond acceptors (Lipinski definition) is 5. The second-order valence-corrected chi connectivity index (χ2v) is 5.07. The number of aldehydes is 1. The number of carbonyl (C=O) groups excluding carboxylic acids is 1. The highest BCUT2D eigenvalue weighted by Crippen LogP contribution is 2.30. The minimum atomic E-state index is -4.40. The molecule has 1 heterocycles. The maximum absolute atomic E-state index is 12.6. The fourth-order valence-corrected chi connectivity index (χ4v) is 2.06. The van der Waals surface area contributed by atoms with Gasteiger partial charge < -0.3 is 9.26 Å². The van der Waals surface area contributed by atoms with Gasteiger partial charge in [0.2, 0.25) is 5.82 Å². The van der Waals surface area contributed by atoms with Crippen molar-refractivity contribution in [2.75, 3.05) is 0 Å². The number of aromatic nitrogens is 2. The van der Waals surface area contributed by atoms with Crippen LogP contribution in [-0.2, 0) is 12.8 Å². The molecule has 0 N–H and O–H groups in total. The highest BCUT2D eigenvalue weighted by Gasteiger charge is 2.30. The summed E-state index contributed by atoms with van der Waals surface area (Å²) in [4.78, 5) is 14.8. The van der Waals surface area contributed by atoms with Gasteiger partial charge in [0.05, 0.1) is 5.56 Å². The summed E-state index contributed by atoms with van der Waals surface area (Å²) in [5, 5.41) is 3.72. The molecule has 0 radical (unpaired) electrons. The van der Waals surface area contributed by atoms with Gasteiger partial charge in [-0.2, -0.15) is 18.2 Å². The van der Waals surface area contributed by atoms with E-state index in [0.29, 0.717) is 23.2 Å². The second kappa shape index (κ2) is 6.76. The van der Waals surface area contributed by atoms with Crippen LogP contribution in [0, 0.1) is 0 Å².